The zero-order chi connectivity index (χ0) is 14.7. The quantitative estimate of drug-likeness (QED) is 0.788. The van der Waals surface area contributed by atoms with E-state index in [1.807, 2.05) is 54.6 Å². The fraction of sp³-hybridized carbons (Fsp3) is 0.167. The molecule has 1 atom stereocenters. The highest BCUT2D eigenvalue weighted by atomic mass is 16.5. The largest absolute Gasteiger partial charge is 0.486 e. The maximum absolute atomic E-state index is 9.97. The summed E-state index contributed by atoms with van der Waals surface area (Å²) in [6.45, 7) is 2.13. The average molecular weight is 279 g/mol. The minimum absolute atomic E-state index is 0.383. The molecule has 0 amide bonds. The van der Waals surface area contributed by atoms with E-state index in [-0.39, 0.29) is 0 Å². The van der Waals surface area contributed by atoms with E-state index in [0.29, 0.717) is 6.61 Å². The molecule has 106 valence electrons. The Bertz CT molecular complexity index is 739. The second-order valence-electron chi connectivity index (χ2n) is 4.99. The fourth-order valence-electron chi connectivity index (χ4n) is 2.38. The van der Waals surface area contributed by atoms with Gasteiger partial charge in [0.05, 0.1) is 11.8 Å². The van der Waals surface area contributed by atoms with Gasteiger partial charge in [-0.3, -0.25) is 4.98 Å². The molecule has 0 spiro atoms. The van der Waals surface area contributed by atoms with Crippen molar-refractivity contribution in [1.29, 1.82) is 0 Å². The standard InChI is InChI=1S/C18H17NO2/c1-13(20)16-10-9-14-6-2-3-8-17(14)18(16)21-12-15-7-4-5-11-19-15/h2-11,13,20H,12H2,1H3/t13-/m0/s1. The van der Waals surface area contributed by atoms with E-state index >= 15 is 0 Å². The van der Waals surface area contributed by atoms with E-state index in [1.165, 1.54) is 0 Å². The number of aromatic nitrogens is 1. The second-order valence-corrected chi connectivity index (χ2v) is 4.99. The van der Waals surface area contributed by atoms with Gasteiger partial charge in [-0.1, -0.05) is 42.5 Å². The van der Waals surface area contributed by atoms with Gasteiger partial charge in [0.25, 0.3) is 0 Å². The van der Waals surface area contributed by atoms with Crippen LogP contribution in [0.15, 0.2) is 60.8 Å². The highest BCUT2D eigenvalue weighted by molar-refractivity contribution is 5.89. The molecule has 2 aromatic carbocycles. The Morgan fingerprint density at radius 2 is 1.86 bits per heavy atom. The number of hydrogen-bond acceptors (Lipinski definition) is 3. The Hall–Kier alpha value is -2.39. The molecule has 21 heavy (non-hydrogen) atoms. The van der Waals surface area contributed by atoms with Crippen LogP contribution in [0.1, 0.15) is 24.3 Å². The Kier molecular flexibility index (Phi) is 3.84. The molecule has 0 bridgehead atoms. The summed E-state index contributed by atoms with van der Waals surface area (Å²) >= 11 is 0. The van der Waals surface area contributed by atoms with Crippen LogP contribution in [0.4, 0.5) is 0 Å². The average Bonchev–Trinajstić information content (AvgIpc) is 2.53. The van der Waals surface area contributed by atoms with E-state index in [0.717, 1.165) is 27.8 Å². The van der Waals surface area contributed by atoms with Crippen LogP contribution in [0, 0.1) is 0 Å². The first-order valence-electron chi connectivity index (χ1n) is 6.98. The summed E-state index contributed by atoms with van der Waals surface area (Å²) in [7, 11) is 0. The van der Waals surface area contributed by atoms with Crippen LogP contribution in [0.25, 0.3) is 10.8 Å². The van der Waals surface area contributed by atoms with Gasteiger partial charge in [-0.2, -0.15) is 0 Å². The van der Waals surface area contributed by atoms with Gasteiger partial charge < -0.3 is 9.84 Å². The first-order chi connectivity index (χ1) is 10.3. The molecule has 0 aliphatic heterocycles. The van der Waals surface area contributed by atoms with Gasteiger partial charge in [0, 0.05) is 17.1 Å². The van der Waals surface area contributed by atoms with E-state index in [4.69, 9.17) is 4.74 Å². The molecule has 3 aromatic rings. The number of pyridine rings is 1. The lowest BCUT2D eigenvalue weighted by Gasteiger charge is -2.16. The van der Waals surface area contributed by atoms with Crippen molar-refractivity contribution in [2.75, 3.05) is 0 Å². The number of nitrogens with zero attached hydrogens (tertiary/aromatic N) is 1. The first kappa shape index (κ1) is 13.6. The minimum Gasteiger partial charge on any atom is -0.486 e. The summed E-state index contributed by atoms with van der Waals surface area (Å²) in [5.74, 6) is 0.730. The summed E-state index contributed by atoms with van der Waals surface area (Å²) in [5.41, 5.74) is 1.66. The zero-order valence-electron chi connectivity index (χ0n) is 11.9. The number of fused-ring (bicyclic) bond motifs is 1. The number of rotatable bonds is 4. The highest BCUT2D eigenvalue weighted by Gasteiger charge is 2.13. The molecule has 3 heteroatoms. The lowest BCUT2D eigenvalue weighted by atomic mass is 10.0. The monoisotopic (exact) mass is 279 g/mol. The summed E-state index contributed by atoms with van der Waals surface area (Å²) < 4.78 is 5.98. The summed E-state index contributed by atoms with van der Waals surface area (Å²) in [6.07, 6.45) is 1.17. The van der Waals surface area contributed by atoms with Crippen molar-refractivity contribution in [2.45, 2.75) is 19.6 Å². The van der Waals surface area contributed by atoms with Crippen molar-refractivity contribution < 1.29 is 9.84 Å². The molecule has 0 aliphatic carbocycles. The number of benzene rings is 2. The molecule has 0 unspecified atom stereocenters. The lowest BCUT2D eigenvalue weighted by Crippen LogP contribution is -2.03. The third-order valence-electron chi connectivity index (χ3n) is 3.45. The third-order valence-corrected chi connectivity index (χ3v) is 3.45. The van der Waals surface area contributed by atoms with Crippen LogP contribution < -0.4 is 4.74 Å². The third kappa shape index (κ3) is 2.88. The van der Waals surface area contributed by atoms with Gasteiger partial charge in [0.15, 0.2) is 0 Å². The van der Waals surface area contributed by atoms with Gasteiger partial charge in [-0.05, 0) is 24.4 Å². The SMILES string of the molecule is C[C@H](O)c1ccc2ccccc2c1OCc1ccccn1. The second kappa shape index (κ2) is 5.94. The molecule has 1 heterocycles. The van der Waals surface area contributed by atoms with Crippen LogP contribution >= 0.6 is 0 Å². The van der Waals surface area contributed by atoms with Gasteiger partial charge in [-0.15, -0.1) is 0 Å². The van der Waals surface area contributed by atoms with E-state index in [2.05, 4.69) is 4.98 Å². The van der Waals surface area contributed by atoms with Gasteiger partial charge in [0.2, 0.25) is 0 Å². The van der Waals surface area contributed by atoms with E-state index in [9.17, 15) is 5.11 Å². The molecular formula is C18H17NO2. The Balaban J connectivity index is 2.00. The van der Waals surface area contributed by atoms with Crippen LogP contribution in [-0.4, -0.2) is 10.1 Å². The number of aliphatic hydroxyl groups excluding tert-OH is 1. The van der Waals surface area contributed by atoms with Crippen molar-refractivity contribution in [3.05, 3.63) is 72.1 Å². The van der Waals surface area contributed by atoms with Crippen molar-refractivity contribution in [3.63, 3.8) is 0 Å². The predicted molar refractivity (Wildman–Crippen MR) is 83.2 cm³/mol. The first-order valence-corrected chi connectivity index (χ1v) is 6.98. The van der Waals surface area contributed by atoms with Crippen LogP contribution in [0.3, 0.4) is 0 Å². The van der Waals surface area contributed by atoms with Gasteiger partial charge in [-0.25, -0.2) is 0 Å². The predicted octanol–water partition coefficient (Wildman–Crippen LogP) is 3.87. The molecule has 0 fully saturated rings. The molecule has 0 saturated carbocycles. The maximum Gasteiger partial charge on any atom is 0.133 e. The molecule has 3 nitrogen and oxygen atoms in total. The van der Waals surface area contributed by atoms with Crippen LogP contribution in [0.2, 0.25) is 0 Å². The number of ether oxygens (including phenoxy) is 1. The molecule has 3 rings (SSSR count). The van der Waals surface area contributed by atoms with Crippen molar-refractivity contribution >= 4 is 10.8 Å². The van der Waals surface area contributed by atoms with Gasteiger partial charge >= 0.3 is 0 Å². The smallest absolute Gasteiger partial charge is 0.133 e. The van der Waals surface area contributed by atoms with Crippen molar-refractivity contribution in [2.24, 2.45) is 0 Å². The van der Waals surface area contributed by atoms with Crippen LogP contribution in [0.5, 0.6) is 5.75 Å². The number of hydrogen-bond donors (Lipinski definition) is 1. The van der Waals surface area contributed by atoms with E-state index in [1.54, 1.807) is 13.1 Å². The normalized spacial score (nSPS) is 12.3. The van der Waals surface area contributed by atoms with Crippen molar-refractivity contribution in [3.8, 4) is 5.75 Å². The minimum atomic E-state index is -0.576. The number of aliphatic hydroxyl groups is 1. The Morgan fingerprint density at radius 1 is 1.05 bits per heavy atom. The summed E-state index contributed by atoms with van der Waals surface area (Å²) in [6, 6.07) is 17.7. The summed E-state index contributed by atoms with van der Waals surface area (Å²) in [5, 5.41) is 12.1. The fourth-order valence-corrected chi connectivity index (χ4v) is 2.38. The Labute approximate surface area is 123 Å². The lowest BCUT2D eigenvalue weighted by molar-refractivity contribution is 0.190. The van der Waals surface area contributed by atoms with Crippen molar-refractivity contribution in [1.82, 2.24) is 4.98 Å². The topological polar surface area (TPSA) is 42.4 Å². The van der Waals surface area contributed by atoms with Gasteiger partial charge in [0.1, 0.15) is 12.4 Å². The molecule has 1 aromatic heterocycles. The highest BCUT2D eigenvalue weighted by Crippen LogP contribution is 2.34. The molecular weight excluding hydrogens is 262 g/mol. The Morgan fingerprint density at radius 3 is 2.62 bits per heavy atom. The zero-order valence-corrected chi connectivity index (χ0v) is 11.9. The molecule has 0 radical (unpaired) electrons. The van der Waals surface area contributed by atoms with Crippen LogP contribution in [-0.2, 0) is 6.61 Å². The summed E-state index contributed by atoms with van der Waals surface area (Å²) in [4.78, 5) is 4.26. The van der Waals surface area contributed by atoms with E-state index < -0.39 is 6.10 Å². The molecule has 0 saturated heterocycles. The maximum atomic E-state index is 9.97. The molecule has 1 N–H and O–H groups in total. The molecule has 0 aliphatic rings.